The van der Waals surface area contributed by atoms with Crippen molar-refractivity contribution in [1.29, 1.82) is 0 Å². The number of nitrogens with zero attached hydrogens (tertiary/aromatic N) is 1. The molecule has 4 nitrogen and oxygen atoms in total. The van der Waals surface area contributed by atoms with Gasteiger partial charge in [-0.1, -0.05) is 29.4 Å². The van der Waals surface area contributed by atoms with E-state index in [-0.39, 0.29) is 11.7 Å². The number of hydrogen-bond acceptors (Lipinski definition) is 3. The molecule has 0 radical (unpaired) electrons. The summed E-state index contributed by atoms with van der Waals surface area (Å²) in [6.45, 7) is 0.584. The number of halogens is 2. The summed E-state index contributed by atoms with van der Waals surface area (Å²) in [6.07, 6.45) is 0. The van der Waals surface area contributed by atoms with E-state index in [1.165, 1.54) is 12.1 Å². The van der Waals surface area contributed by atoms with Crippen molar-refractivity contribution in [2.75, 3.05) is 5.32 Å². The highest BCUT2D eigenvalue weighted by Gasteiger charge is 2.02. The first-order valence-corrected chi connectivity index (χ1v) is 6.65. The summed E-state index contributed by atoms with van der Waals surface area (Å²) in [5.74, 6) is -0.212. The number of anilines is 1. The Hall–Kier alpha value is -2.08. The molecule has 0 unspecified atom stereocenters. The standard InChI is InChI=1S/C14H13BrFN3O/c15-12-7-11(16)5-6-13(12)18-8-9-1-3-10(4-2-9)14(17)19-20/h1-7,18,20H,8H2,(H2,17,19). The number of rotatable bonds is 4. The molecule has 20 heavy (non-hydrogen) atoms. The number of benzene rings is 2. The fraction of sp³-hybridized carbons (Fsp3) is 0.0714. The van der Waals surface area contributed by atoms with Gasteiger partial charge in [0, 0.05) is 22.3 Å². The van der Waals surface area contributed by atoms with Crippen molar-refractivity contribution in [3.8, 4) is 0 Å². The van der Waals surface area contributed by atoms with Gasteiger partial charge in [0.1, 0.15) is 5.82 Å². The summed E-state index contributed by atoms with van der Waals surface area (Å²) in [5.41, 5.74) is 7.97. The largest absolute Gasteiger partial charge is 0.409 e. The average molecular weight is 338 g/mol. The van der Waals surface area contributed by atoms with Crippen LogP contribution in [0.3, 0.4) is 0 Å². The Morgan fingerprint density at radius 1 is 1.25 bits per heavy atom. The van der Waals surface area contributed by atoms with Gasteiger partial charge in [-0.05, 0) is 39.7 Å². The minimum atomic E-state index is -0.287. The number of nitrogens with one attached hydrogen (secondary N) is 1. The van der Waals surface area contributed by atoms with Crippen LogP contribution in [0.1, 0.15) is 11.1 Å². The molecule has 6 heteroatoms. The molecule has 4 N–H and O–H groups in total. The topological polar surface area (TPSA) is 70.6 Å². The van der Waals surface area contributed by atoms with E-state index in [0.29, 0.717) is 16.6 Å². The molecular formula is C14H13BrFN3O. The van der Waals surface area contributed by atoms with E-state index < -0.39 is 0 Å². The first-order valence-electron chi connectivity index (χ1n) is 5.86. The Balaban J connectivity index is 2.04. The molecule has 0 bridgehead atoms. The molecule has 0 aliphatic carbocycles. The van der Waals surface area contributed by atoms with Gasteiger partial charge in [-0.25, -0.2) is 4.39 Å². The maximum absolute atomic E-state index is 13.0. The number of nitrogens with two attached hydrogens (primary N) is 1. The normalized spacial score (nSPS) is 11.4. The van der Waals surface area contributed by atoms with Crippen molar-refractivity contribution in [1.82, 2.24) is 0 Å². The number of hydrogen-bond donors (Lipinski definition) is 3. The molecule has 0 saturated carbocycles. The first kappa shape index (κ1) is 14.3. The molecule has 0 aliphatic heterocycles. The summed E-state index contributed by atoms with van der Waals surface area (Å²) >= 11 is 3.30. The van der Waals surface area contributed by atoms with Gasteiger partial charge in [0.05, 0.1) is 0 Å². The van der Waals surface area contributed by atoms with Crippen molar-refractivity contribution < 1.29 is 9.60 Å². The van der Waals surface area contributed by atoms with Crippen LogP contribution in [0.5, 0.6) is 0 Å². The second-order valence-electron chi connectivity index (χ2n) is 4.16. The van der Waals surface area contributed by atoms with Crippen LogP contribution >= 0.6 is 15.9 Å². The number of amidine groups is 1. The molecular weight excluding hydrogens is 325 g/mol. The van der Waals surface area contributed by atoms with Gasteiger partial charge in [-0.15, -0.1) is 0 Å². The van der Waals surface area contributed by atoms with Gasteiger partial charge in [0.15, 0.2) is 5.84 Å². The van der Waals surface area contributed by atoms with E-state index in [2.05, 4.69) is 26.4 Å². The maximum atomic E-state index is 13.0. The summed E-state index contributed by atoms with van der Waals surface area (Å²) in [5, 5.41) is 14.7. The monoisotopic (exact) mass is 337 g/mol. The molecule has 2 aromatic rings. The van der Waals surface area contributed by atoms with Gasteiger partial charge in [0.2, 0.25) is 0 Å². The second-order valence-corrected chi connectivity index (χ2v) is 5.01. The van der Waals surface area contributed by atoms with E-state index in [4.69, 9.17) is 10.9 Å². The molecule has 0 fully saturated rings. The van der Waals surface area contributed by atoms with E-state index in [9.17, 15) is 4.39 Å². The minimum Gasteiger partial charge on any atom is -0.409 e. The van der Waals surface area contributed by atoms with Crippen LogP contribution in [0, 0.1) is 5.82 Å². The predicted molar refractivity (Wildman–Crippen MR) is 80.4 cm³/mol. The third-order valence-corrected chi connectivity index (χ3v) is 3.43. The quantitative estimate of drug-likeness (QED) is 0.347. The lowest BCUT2D eigenvalue weighted by molar-refractivity contribution is 0.318. The first-order chi connectivity index (χ1) is 9.60. The molecule has 0 saturated heterocycles. The summed E-state index contributed by atoms with van der Waals surface area (Å²) in [7, 11) is 0. The van der Waals surface area contributed by atoms with Crippen molar-refractivity contribution in [2.24, 2.45) is 10.9 Å². The third-order valence-electron chi connectivity index (χ3n) is 2.77. The summed E-state index contributed by atoms with van der Waals surface area (Å²) < 4.78 is 13.6. The van der Waals surface area contributed by atoms with Gasteiger partial charge in [-0.2, -0.15) is 0 Å². The highest BCUT2D eigenvalue weighted by Crippen LogP contribution is 2.23. The van der Waals surface area contributed by atoms with Gasteiger partial charge in [-0.3, -0.25) is 0 Å². The second kappa shape index (κ2) is 6.38. The predicted octanol–water partition coefficient (Wildman–Crippen LogP) is 3.29. The van der Waals surface area contributed by atoms with E-state index in [1.54, 1.807) is 18.2 Å². The fourth-order valence-corrected chi connectivity index (χ4v) is 2.17. The molecule has 0 amide bonds. The molecule has 0 aromatic heterocycles. The van der Waals surface area contributed by atoms with Crippen molar-refractivity contribution >= 4 is 27.5 Å². The molecule has 2 aromatic carbocycles. The Morgan fingerprint density at radius 3 is 2.55 bits per heavy atom. The Labute approximate surface area is 124 Å². The highest BCUT2D eigenvalue weighted by atomic mass is 79.9. The Kier molecular flexibility index (Phi) is 4.57. The lowest BCUT2D eigenvalue weighted by Gasteiger charge is -2.09. The molecule has 0 aliphatic rings. The number of oxime groups is 1. The van der Waals surface area contributed by atoms with Crippen LogP contribution in [0.2, 0.25) is 0 Å². The van der Waals surface area contributed by atoms with Crippen LogP contribution in [-0.2, 0) is 6.54 Å². The molecule has 0 spiro atoms. The lowest BCUT2D eigenvalue weighted by atomic mass is 10.1. The van der Waals surface area contributed by atoms with Gasteiger partial charge in [0.25, 0.3) is 0 Å². The van der Waals surface area contributed by atoms with E-state index in [1.807, 2.05) is 12.1 Å². The lowest BCUT2D eigenvalue weighted by Crippen LogP contribution is -2.13. The van der Waals surface area contributed by atoms with Crippen molar-refractivity contribution in [3.05, 3.63) is 63.9 Å². The summed E-state index contributed by atoms with van der Waals surface area (Å²) in [4.78, 5) is 0. The average Bonchev–Trinajstić information content (AvgIpc) is 2.46. The Morgan fingerprint density at radius 2 is 1.95 bits per heavy atom. The maximum Gasteiger partial charge on any atom is 0.170 e. The van der Waals surface area contributed by atoms with Crippen LogP contribution in [-0.4, -0.2) is 11.0 Å². The van der Waals surface area contributed by atoms with E-state index >= 15 is 0 Å². The molecule has 2 rings (SSSR count). The summed E-state index contributed by atoms with van der Waals surface area (Å²) in [6, 6.07) is 11.8. The minimum absolute atomic E-state index is 0.0748. The van der Waals surface area contributed by atoms with Gasteiger partial charge < -0.3 is 16.3 Å². The van der Waals surface area contributed by atoms with Crippen LogP contribution in [0.15, 0.2) is 52.1 Å². The van der Waals surface area contributed by atoms with Crippen molar-refractivity contribution in [3.63, 3.8) is 0 Å². The molecule has 104 valence electrons. The SMILES string of the molecule is NC(=NO)c1ccc(CNc2ccc(F)cc2Br)cc1. The highest BCUT2D eigenvalue weighted by molar-refractivity contribution is 9.10. The molecule has 0 heterocycles. The zero-order chi connectivity index (χ0) is 14.5. The van der Waals surface area contributed by atoms with Crippen molar-refractivity contribution in [2.45, 2.75) is 6.54 Å². The van der Waals surface area contributed by atoms with Crippen LogP contribution in [0.4, 0.5) is 10.1 Å². The van der Waals surface area contributed by atoms with Gasteiger partial charge >= 0.3 is 0 Å². The van der Waals surface area contributed by atoms with Crippen LogP contribution < -0.4 is 11.1 Å². The third kappa shape index (κ3) is 3.48. The fourth-order valence-electron chi connectivity index (χ4n) is 1.68. The smallest absolute Gasteiger partial charge is 0.170 e. The molecule has 0 atom stereocenters. The Bertz CT molecular complexity index is 629. The zero-order valence-electron chi connectivity index (χ0n) is 10.5. The zero-order valence-corrected chi connectivity index (χ0v) is 12.1. The van der Waals surface area contributed by atoms with Crippen LogP contribution in [0.25, 0.3) is 0 Å². The van der Waals surface area contributed by atoms with E-state index in [0.717, 1.165) is 11.3 Å².